The van der Waals surface area contributed by atoms with Gasteiger partial charge in [-0.3, -0.25) is 4.79 Å². The number of rotatable bonds is 2. The molecule has 0 radical (unpaired) electrons. The first-order valence-corrected chi connectivity index (χ1v) is 7.75. The van der Waals surface area contributed by atoms with Crippen molar-refractivity contribution in [3.63, 3.8) is 0 Å². The molecule has 0 saturated heterocycles. The number of aryl methyl sites for hydroxylation is 2. The third-order valence-electron chi connectivity index (χ3n) is 2.99. The van der Waals surface area contributed by atoms with Gasteiger partial charge in [0.15, 0.2) is 5.78 Å². The molecule has 1 heterocycles. The number of carbonyl (C=O) groups is 1. The van der Waals surface area contributed by atoms with Crippen molar-refractivity contribution in [1.29, 1.82) is 0 Å². The lowest BCUT2D eigenvalue weighted by Gasteiger charge is -2.04. The molecular formula is C14H12ClIOS. The van der Waals surface area contributed by atoms with Crippen molar-refractivity contribution in [2.45, 2.75) is 20.8 Å². The van der Waals surface area contributed by atoms with Gasteiger partial charge in [-0.05, 0) is 72.7 Å². The molecule has 2 rings (SSSR count). The number of hydrogen-bond acceptors (Lipinski definition) is 2. The fourth-order valence-corrected chi connectivity index (χ4v) is 4.41. The Balaban J connectivity index is 2.51. The second-order valence-corrected chi connectivity index (χ2v) is 7.67. The molecule has 1 aromatic heterocycles. The van der Waals surface area contributed by atoms with Crippen LogP contribution in [0.1, 0.15) is 31.9 Å². The highest BCUT2D eigenvalue weighted by molar-refractivity contribution is 14.1. The summed E-state index contributed by atoms with van der Waals surface area (Å²) in [5, 5.41) is 0.694. The zero-order chi connectivity index (χ0) is 13.4. The Morgan fingerprint density at radius 3 is 2.44 bits per heavy atom. The van der Waals surface area contributed by atoms with Gasteiger partial charge in [0.1, 0.15) is 0 Å². The van der Waals surface area contributed by atoms with Gasteiger partial charge in [-0.25, -0.2) is 0 Å². The maximum absolute atomic E-state index is 12.5. The van der Waals surface area contributed by atoms with E-state index < -0.39 is 0 Å². The van der Waals surface area contributed by atoms with E-state index in [-0.39, 0.29) is 5.78 Å². The molecule has 0 aliphatic heterocycles. The Bertz CT molecular complexity index is 631. The Hall–Kier alpha value is -0.390. The second kappa shape index (κ2) is 5.31. The standard InChI is InChI=1S/C14H12ClIOS/c1-7-6-10(4-5-11(7)15)13(17)12-8(2)9(3)18-14(12)16/h4-6H,1-3H3. The van der Waals surface area contributed by atoms with Crippen LogP contribution in [0.3, 0.4) is 0 Å². The predicted molar refractivity (Wildman–Crippen MR) is 86.1 cm³/mol. The summed E-state index contributed by atoms with van der Waals surface area (Å²) in [6, 6.07) is 5.43. The highest BCUT2D eigenvalue weighted by Crippen LogP contribution is 2.31. The third-order valence-corrected chi connectivity index (χ3v) is 5.61. The first kappa shape index (κ1) is 14.0. The molecule has 1 nitrogen and oxygen atoms in total. The molecule has 0 aliphatic carbocycles. The zero-order valence-electron chi connectivity index (χ0n) is 10.3. The molecule has 0 spiro atoms. The lowest BCUT2D eigenvalue weighted by atomic mass is 10.0. The molecule has 18 heavy (non-hydrogen) atoms. The molecule has 4 heteroatoms. The van der Waals surface area contributed by atoms with Crippen LogP contribution in [0.15, 0.2) is 18.2 Å². The van der Waals surface area contributed by atoms with Gasteiger partial charge in [-0.2, -0.15) is 0 Å². The topological polar surface area (TPSA) is 17.1 Å². The predicted octanol–water partition coefficient (Wildman–Crippen LogP) is 5.16. The van der Waals surface area contributed by atoms with Crippen molar-refractivity contribution in [3.8, 4) is 0 Å². The fourth-order valence-electron chi connectivity index (χ4n) is 1.78. The SMILES string of the molecule is Cc1cc(C(=O)c2c(I)sc(C)c2C)ccc1Cl. The third kappa shape index (κ3) is 2.49. The molecule has 0 fully saturated rings. The van der Waals surface area contributed by atoms with Gasteiger partial charge in [0.2, 0.25) is 0 Å². The quantitative estimate of drug-likeness (QED) is 0.511. The van der Waals surface area contributed by atoms with Crippen LogP contribution >= 0.6 is 45.5 Å². The van der Waals surface area contributed by atoms with Gasteiger partial charge in [0.25, 0.3) is 0 Å². The number of hydrogen-bond donors (Lipinski definition) is 0. The highest BCUT2D eigenvalue weighted by Gasteiger charge is 2.19. The molecule has 1 aromatic carbocycles. The van der Waals surface area contributed by atoms with Crippen LogP contribution in [0.4, 0.5) is 0 Å². The maximum atomic E-state index is 12.5. The fraction of sp³-hybridized carbons (Fsp3) is 0.214. The summed E-state index contributed by atoms with van der Waals surface area (Å²) in [6.07, 6.45) is 0. The molecule has 0 atom stereocenters. The monoisotopic (exact) mass is 390 g/mol. The highest BCUT2D eigenvalue weighted by atomic mass is 127. The van der Waals surface area contributed by atoms with Crippen molar-refractivity contribution in [2.75, 3.05) is 0 Å². The molecular weight excluding hydrogens is 379 g/mol. The number of thiophene rings is 1. The number of benzene rings is 1. The van der Waals surface area contributed by atoms with Crippen molar-refractivity contribution in [2.24, 2.45) is 0 Å². The minimum Gasteiger partial charge on any atom is -0.289 e. The van der Waals surface area contributed by atoms with Crippen LogP contribution in [-0.4, -0.2) is 5.78 Å². The summed E-state index contributed by atoms with van der Waals surface area (Å²) in [5.74, 6) is 0.0843. The van der Waals surface area contributed by atoms with Crippen LogP contribution in [0, 0.1) is 23.7 Å². The largest absolute Gasteiger partial charge is 0.289 e. The average molecular weight is 391 g/mol. The van der Waals surface area contributed by atoms with E-state index in [1.54, 1.807) is 23.5 Å². The van der Waals surface area contributed by atoms with E-state index in [1.807, 2.05) is 26.8 Å². The molecule has 0 bridgehead atoms. The van der Waals surface area contributed by atoms with Gasteiger partial charge in [-0.1, -0.05) is 11.6 Å². The van der Waals surface area contributed by atoms with Gasteiger partial charge in [-0.15, -0.1) is 11.3 Å². The molecule has 94 valence electrons. The van der Waals surface area contributed by atoms with E-state index in [0.29, 0.717) is 10.6 Å². The number of ketones is 1. The number of halogens is 2. The second-order valence-electron chi connectivity index (χ2n) is 4.23. The average Bonchev–Trinajstić information content (AvgIpc) is 2.56. The van der Waals surface area contributed by atoms with Crippen molar-refractivity contribution in [1.82, 2.24) is 0 Å². The van der Waals surface area contributed by atoms with Crippen LogP contribution in [-0.2, 0) is 0 Å². The van der Waals surface area contributed by atoms with E-state index in [2.05, 4.69) is 22.6 Å². The Kier molecular flexibility index (Phi) is 4.14. The van der Waals surface area contributed by atoms with Gasteiger partial charge in [0.05, 0.1) is 2.88 Å². The minimum atomic E-state index is 0.0843. The first-order chi connectivity index (χ1) is 8.41. The molecule has 0 saturated carbocycles. The van der Waals surface area contributed by atoms with Crippen LogP contribution in [0.5, 0.6) is 0 Å². The van der Waals surface area contributed by atoms with Crippen molar-refractivity contribution in [3.05, 3.63) is 53.2 Å². The van der Waals surface area contributed by atoms with E-state index in [4.69, 9.17) is 11.6 Å². The van der Waals surface area contributed by atoms with E-state index in [0.717, 1.165) is 19.6 Å². The summed E-state index contributed by atoms with van der Waals surface area (Å²) in [6.45, 7) is 5.96. The molecule has 2 aromatic rings. The molecule has 0 aliphatic rings. The van der Waals surface area contributed by atoms with E-state index >= 15 is 0 Å². The maximum Gasteiger partial charge on any atom is 0.195 e. The lowest BCUT2D eigenvalue weighted by molar-refractivity contribution is 0.103. The normalized spacial score (nSPS) is 10.7. The number of carbonyl (C=O) groups excluding carboxylic acids is 1. The van der Waals surface area contributed by atoms with Gasteiger partial charge >= 0.3 is 0 Å². The lowest BCUT2D eigenvalue weighted by Crippen LogP contribution is -2.04. The first-order valence-electron chi connectivity index (χ1n) is 5.48. The van der Waals surface area contributed by atoms with Crippen molar-refractivity contribution < 1.29 is 4.79 Å². The molecule has 0 amide bonds. The zero-order valence-corrected chi connectivity index (χ0v) is 14.0. The smallest absolute Gasteiger partial charge is 0.195 e. The molecule has 0 unspecified atom stereocenters. The summed E-state index contributed by atoms with van der Waals surface area (Å²) in [7, 11) is 0. The van der Waals surface area contributed by atoms with E-state index in [1.165, 1.54) is 4.88 Å². The Morgan fingerprint density at radius 1 is 1.28 bits per heavy atom. The van der Waals surface area contributed by atoms with Crippen molar-refractivity contribution >= 4 is 51.3 Å². The summed E-state index contributed by atoms with van der Waals surface area (Å²) in [4.78, 5) is 13.7. The Morgan fingerprint density at radius 2 is 1.94 bits per heavy atom. The van der Waals surface area contributed by atoms with E-state index in [9.17, 15) is 4.79 Å². The van der Waals surface area contributed by atoms with Crippen LogP contribution in [0.25, 0.3) is 0 Å². The Labute approximate surface area is 129 Å². The van der Waals surface area contributed by atoms with Gasteiger partial charge < -0.3 is 0 Å². The van der Waals surface area contributed by atoms with Crippen LogP contribution < -0.4 is 0 Å². The summed E-state index contributed by atoms with van der Waals surface area (Å²) in [5.41, 5.74) is 3.56. The molecule has 0 N–H and O–H groups in total. The summed E-state index contributed by atoms with van der Waals surface area (Å²) >= 11 is 9.89. The summed E-state index contributed by atoms with van der Waals surface area (Å²) < 4.78 is 1.06. The van der Waals surface area contributed by atoms with Crippen LogP contribution in [0.2, 0.25) is 5.02 Å². The van der Waals surface area contributed by atoms with Gasteiger partial charge in [0, 0.05) is 21.0 Å². The minimum absolute atomic E-state index is 0.0843.